The van der Waals surface area contributed by atoms with E-state index in [9.17, 15) is 13.6 Å². The number of nitrogens with zero attached hydrogens (tertiary/aromatic N) is 1. The lowest BCUT2D eigenvalue weighted by molar-refractivity contribution is -0.136. The van der Waals surface area contributed by atoms with E-state index in [2.05, 4.69) is 0 Å². The number of aryl methyl sites for hydroxylation is 1. The molecule has 2 aromatic rings. The van der Waals surface area contributed by atoms with Gasteiger partial charge in [-0.2, -0.15) is 0 Å². The molecule has 0 spiro atoms. The van der Waals surface area contributed by atoms with E-state index >= 15 is 0 Å². The minimum Gasteiger partial charge on any atom is -0.481 e. The molecule has 0 aromatic carbocycles. The molecule has 5 nitrogen and oxygen atoms in total. The third-order valence-electron chi connectivity index (χ3n) is 2.67. The summed E-state index contributed by atoms with van der Waals surface area (Å²) in [4.78, 5) is 11.5. The summed E-state index contributed by atoms with van der Waals surface area (Å²) in [6.07, 6.45) is -0.135. The molecule has 0 bridgehead atoms. The van der Waals surface area contributed by atoms with Crippen LogP contribution in [0.15, 0.2) is 5.38 Å². The van der Waals surface area contributed by atoms with Gasteiger partial charge in [0.05, 0.1) is 6.42 Å². The zero-order valence-corrected chi connectivity index (χ0v) is 10.9. The molecule has 0 aliphatic carbocycles. The van der Waals surface area contributed by atoms with Gasteiger partial charge in [-0.3, -0.25) is 9.35 Å². The number of fused-ring (bicyclic) bond motifs is 1. The predicted octanol–water partition coefficient (Wildman–Crippen LogP) is 1.93. The summed E-state index contributed by atoms with van der Waals surface area (Å²) in [7, 11) is 0. The van der Waals surface area contributed by atoms with Crippen LogP contribution in [0.1, 0.15) is 16.8 Å². The highest BCUT2D eigenvalue weighted by Gasteiger charge is 2.21. The van der Waals surface area contributed by atoms with Gasteiger partial charge in [0.25, 0.3) is 11.3 Å². The first-order valence-corrected chi connectivity index (χ1v) is 6.79. The first kappa shape index (κ1) is 12.3. The Morgan fingerprint density at radius 1 is 1.53 bits per heavy atom. The van der Waals surface area contributed by atoms with Gasteiger partial charge in [0, 0.05) is 11.1 Å². The third-order valence-corrected chi connectivity index (χ3v) is 4.63. The lowest BCUT2D eigenvalue weighted by atomic mass is 10.1. The van der Waals surface area contributed by atoms with E-state index in [1.54, 1.807) is 6.92 Å². The molecule has 0 saturated heterocycles. The summed E-state index contributed by atoms with van der Waals surface area (Å²) in [6, 6.07) is 0. The molecular weight excluding hydrogens is 262 g/mol. The number of carbonyl (C=O) groups is 1. The molecule has 2 heterocycles. The number of rotatable bonds is 3. The minimum absolute atomic E-state index is 0.135. The van der Waals surface area contributed by atoms with Crippen molar-refractivity contribution in [2.75, 3.05) is 0 Å². The molecule has 2 aromatic heterocycles. The number of hydrogen-bond donors (Lipinski definition) is 2. The zero-order chi connectivity index (χ0) is 12.7. The Bertz CT molecular complexity index is 626. The molecule has 1 atom stereocenters. The topological polar surface area (TPSA) is 79.5 Å². The Balaban J connectivity index is 2.81. The highest BCUT2D eigenvalue weighted by Crippen LogP contribution is 2.34. The minimum atomic E-state index is -2.16. The van der Waals surface area contributed by atoms with Crippen LogP contribution < -0.4 is 0 Å². The molecular formula is C10H11NO4S2. The summed E-state index contributed by atoms with van der Waals surface area (Å²) >= 11 is -0.814. The van der Waals surface area contributed by atoms with Gasteiger partial charge in [0.2, 0.25) is 0 Å². The molecule has 0 amide bonds. The Labute approximate surface area is 104 Å². The van der Waals surface area contributed by atoms with Crippen molar-refractivity contribution in [2.24, 2.45) is 0 Å². The zero-order valence-electron chi connectivity index (χ0n) is 9.26. The van der Waals surface area contributed by atoms with Gasteiger partial charge < -0.3 is 5.11 Å². The average Bonchev–Trinajstić information content (AvgIpc) is 2.68. The maximum absolute atomic E-state index is 11.3. The van der Waals surface area contributed by atoms with Crippen LogP contribution in [0.5, 0.6) is 0 Å². The van der Waals surface area contributed by atoms with Crippen LogP contribution in [0, 0.1) is 13.8 Å². The third kappa shape index (κ3) is 1.90. The molecule has 0 aliphatic rings. The van der Waals surface area contributed by atoms with Crippen molar-refractivity contribution in [3.63, 3.8) is 0 Å². The van der Waals surface area contributed by atoms with E-state index in [1.165, 1.54) is 15.3 Å². The van der Waals surface area contributed by atoms with E-state index in [0.29, 0.717) is 16.1 Å². The number of aliphatic carboxylic acids is 1. The highest BCUT2D eigenvalue weighted by atomic mass is 32.2. The van der Waals surface area contributed by atoms with Crippen LogP contribution in [0.3, 0.4) is 0 Å². The molecule has 17 heavy (non-hydrogen) atoms. The van der Waals surface area contributed by atoms with Gasteiger partial charge in [-0.1, -0.05) is 0 Å². The van der Waals surface area contributed by atoms with E-state index in [1.807, 2.05) is 12.3 Å². The summed E-state index contributed by atoms with van der Waals surface area (Å²) in [5.74, 6) is -0.943. The van der Waals surface area contributed by atoms with Gasteiger partial charge in [0.1, 0.15) is 4.83 Å². The van der Waals surface area contributed by atoms with Gasteiger partial charge in [-0.05, 0) is 30.4 Å². The molecule has 7 heteroatoms. The molecule has 0 fully saturated rings. The normalized spacial score (nSPS) is 13.1. The summed E-state index contributed by atoms with van der Waals surface area (Å²) in [5.41, 5.74) is 2.10. The fourth-order valence-electron chi connectivity index (χ4n) is 1.96. The Hall–Kier alpha value is -1.18. The molecule has 0 aliphatic heterocycles. The fraction of sp³-hybridized carbons (Fsp3) is 0.300. The van der Waals surface area contributed by atoms with Gasteiger partial charge in [-0.15, -0.1) is 11.3 Å². The number of thiophene rings is 1. The van der Waals surface area contributed by atoms with Gasteiger partial charge >= 0.3 is 5.97 Å². The monoisotopic (exact) mass is 273 g/mol. The lowest BCUT2D eigenvalue weighted by Gasteiger charge is -2.01. The van der Waals surface area contributed by atoms with Crippen LogP contribution in [-0.2, 0) is 22.5 Å². The maximum atomic E-state index is 11.3. The Kier molecular flexibility index (Phi) is 3.07. The van der Waals surface area contributed by atoms with E-state index in [0.717, 1.165) is 10.9 Å². The van der Waals surface area contributed by atoms with E-state index in [-0.39, 0.29) is 6.42 Å². The number of carboxylic acids is 1. The van der Waals surface area contributed by atoms with Crippen molar-refractivity contribution in [1.82, 2.24) is 3.97 Å². The van der Waals surface area contributed by atoms with Gasteiger partial charge in [-0.25, -0.2) is 8.18 Å². The number of hydrogen-bond acceptors (Lipinski definition) is 3. The molecule has 0 saturated carbocycles. The average molecular weight is 273 g/mol. The largest absolute Gasteiger partial charge is 0.481 e. The number of carboxylic acid groups (broad SMARTS) is 1. The first-order chi connectivity index (χ1) is 7.93. The van der Waals surface area contributed by atoms with E-state index in [4.69, 9.17) is 5.11 Å². The van der Waals surface area contributed by atoms with Crippen LogP contribution in [0.2, 0.25) is 0 Å². The molecule has 2 rings (SSSR count). The smallest absolute Gasteiger partial charge is 0.307 e. The highest BCUT2D eigenvalue weighted by molar-refractivity contribution is 7.78. The molecule has 92 valence electrons. The SMILES string of the molecule is Cc1csc2c1c(CC(=O)O)c(C)n2S(=O)O. The van der Waals surface area contributed by atoms with Crippen molar-refractivity contribution in [3.05, 3.63) is 22.2 Å². The predicted molar refractivity (Wildman–Crippen MR) is 66.8 cm³/mol. The second kappa shape index (κ2) is 4.25. The fourth-order valence-corrected chi connectivity index (χ4v) is 3.90. The lowest BCUT2D eigenvalue weighted by Crippen LogP contribution is -2.06. The summed E-state index contributed by atoms with van der Waals surface area (Å²) in [5, 5.41) is 11.5. The van der Waals surface area contributed by atoms with Crippen molar-refractivity contribution >= 4 is 38.8 Å². The number of aromatic nitrogens is 1. The molecule has 1 unspecified atom stereocenters. The van der Waals surface area contributed by atoms with Gasteiger partial charge in [0.15, 0.2) is 0 Å². The first-order valence-electron chi connectivity index (χ1n) is 4.84. The van der Waals surface area contributed by atoms with Crippen LogP contribution in [0.25, 0.3) is 10.2 Å². The Morgan fingerprint density at radius 3 is 2.71 bits per heavy atom. The Morgan fingerprint density at radius 2 is 2.18 bits per heavy atom. The van der Waals surface area contributed by atoms with Crippen molar-refractivity contribution < 1.29 is 18.7 Å². The quantitative estimate of drug-likeness (QED) is 0.837. The van der Waals surface area contributed by atoms with Crippen molar-refractivity contribution in [1.29, 1.82) is 0 Å². The standard InChI is InChI=1S/C10H11NO4S2/c1-5-4-16-10-9(5)7(3-8(12)13)6(2)11(10)17(14)15/h4H,3H2,1-2H3,(H,12,13)(H,14,15). The summed E-state index contributed by atoms with van der Waals surface area (Å²) < 4.78 is 21.8. The summed E-state index contributed by atoms with van der Waals surface area (Å²) in [6.45, 7) is 3.53. The van der Waals surface area contributed by atoms with Crippen molar-refractivity contribution in [3.8, 4) is 0 Å². The van der Waals surface area contributed by atoms with Crippen LogP contribution >= 0.6 is 11.3 Å². The van der Waals surface area contributed by atoms with Crippen LogP contribution in [-0.4, -0.2) is 23.8 Å². The molecule has 2 N–H and O–H groups in total. The van der Waals surface area contributed by atoms with Crippen molar-refractivity contribution in [2.45, 2.75) is 20.3 Å². The van der Waals surface area contributed by atoms with Crippen LogP contribution in [0.4, 0.5) is 0 Å². The molecule has 0 radical (unpaired) electrons. The second-order valence-corrected chi connectivity index (χ2v) is 5.44. The maximum Gasteiger partial charge on any atom is 0.307 e. The van der Waals surface area contributed by atoms with E-state index < -0.39 is 17.2 Å². The second-order valence-electron chi connectivity index (χ2n) is 3.76.